The zero-order valence-electron chi connectivity index (χ0n) is 19.1. The lowest BCUT2D eigenvalue weighted by atomic mass is 9.95. The maximum Gasteiger partial charge on any atom is 0.296 e. The second-order valence-corrected chi connectivity index (χ2v) is 8.90. The lowest BCUT2D eigenvalue weighted by Gasteiger charge is -2.24. The number of fused-ring (bicyclic) bond motifs is 1. The van der Waals surface area contributed by atoms with Crippen molar-refractivity contribution in [2.24, 2.45) is 0 Å². The summed E-state index contributed by atoms with van der Waals surface area (Å²) in [5, 5.41) is 11.2. The molecule has 0 bridgehead atoms. The van der Waals surface area contributed by atoms with Crippen molar-refractivity contribution >= 4 is 38.4 Å². The summed E-state index contributed by atoms with van der Waals surface area (Å²) in [6.07, 6.45) is 2.24. The molecule has 1 N–H and O–H groups in total. The van der Waals surface area contributed by atoms with Gasteiger partial charge in [0.15, 0.2) is 16.7 Å². The fourth-order valence-electron chi connectivity index (χ4n) is 3.98. The Bertz CT molecular complexity index is 1420. The van der Waals surface area contributed by atoms with Gasteiger partial charge >= 0.3 is 0 Å². The first kappa shape index (κ1) is 22.7. The van der Waals surface area contributed by atoms with Crippen molar-refractivity contribution in [3.05, 3.63) is 83.5 Å². The first-order valence-electron chi connectivity index (χ1n) is 11.0. The molecule has 0 saturated carbocycles. The fourth-order valence-corrected chi connectivity index (χ4v) is 5.00. The van der Waals surface area contributed by atoms with Crippen molar-refractivity contribution < 1.29 is 28.6 Å². The number of carbonyl (C=O) groups is 2. The number of Topliss-reactive ketones (excluding diaryl/α,β-unsaturated/α-hetero) is 1. The fraction of sp³-hybridized carbons (Fsp3) is 0.192. The predicted molar refractivity (Wildman–Crippen MR) is 131 cm³/mol. The van der Waals surface area contributed by atoms with Gasteiger partial charge in [0.25, 0.3) is 5.91 Å². The highest BCUT2D eigenvalue weighted by atomic mass is 32.1. The molecule has 1 amide bonds. The molecule has 2 aromatic carbocycles. The van der Waals surface area contributed by atoms with Gasteiger partial charge in [0.05, 0.1) is 41.8 Å². The number of benzene rings is 2. The minimum absolute atomic E-state index is 0.0307. The normalized spacial score (nSPS) is 15.8. The number of rotatable bonds is 8. The summed E-state index contributed by atoms with van der Waals surface area (Å²) >= 11 is 1.27. The van der Waals surface area contributed by atoms with Crippen LogP contribution in [0.1, 0.15) is 35.5 Å². The average molecular weight is 491 g/mol. The molecule has 1 aliphatic heterocycles. The van der Waals surface area contributed by atoms with Gasteiger partial charge in [0, 0.05) is 0 Å². The molecule has 0 spiro atoms. The number of furan rings is 1. The van der Waals surface area contributed by atoms with Crippen LogP contribution in [0.4, 0.5) is 5.13 Å². The highest BCUT2D eigenvalue weighted by molar-refractivity contribution is 7.22. The summed E-state index contributed by atoms with van der Waals surface area (Å²) in [6.45, 7) is 2.59. The highest BCUT2D eigenvalue weighted by Gasteiger charge is 2.46. The smallest absolute Gasteiger partial charge is 0.296 e. The van der Waals surface area contributed by atoms with Gasteiger partial charge in [-0.25, -0.2) is 4.98 Å². The molecule has 0 aliphatic carbocycles. The predicted octanol–water partition coefficient (Wildman–Crippen LogP) is 5.47. The van der Waals surface area contributed by atoms with Gasteiger partial charge < -0.3 is 19.0 Å². The van der Waals surface area contributed by atoms with Gasteiger partial charge in [0.2, 0.25) is 5.78 Å². The summed E-state index contributed by atoms with van der Waals surface area (Å²) in [5.74, 6) is -0.535. The van der Waals surface area contributed by atoms with Gasteiger partial charge in [-0.05, 0) is 54.4 Å². The lowest BCUT2D eigenvalue weighted by molar-refractivity contribution is -0.117. The molecule has 1 unspecified atom stereocenters. The molecular weight excluding hydrogens is 468 g/mol. The van der Waals surface area contributed by atoms with Crippen molar-refractivity contribution in [2.45, 2.75) is 19.4 Å². The van der Waals surface area contributed by atoms with Crippen LogP contribution in [0, 0.1) is 0 Å². The van der Waals surface area contributed by atoms with E-state index in [4.69, 9.17) is 13.9 Å². The van der Waals surface area contributed by atoms with Crippen LogP contribution < -0.4 is 14.4 Å². The van der Waals surface area contributed by atoms with Crippen LogP contribution in [0.5, 0.6) is 11.5 Å². The Hall–Kier alpha value is -4.11. The minimum Gasteiger partial charge on any atom is -0.503 e. The van der Waals surface area contributed by atoms with Crippen molar-refractivity contribution in [1.29, 1.82) is 0 Å². The monoisotopic (exact) mass is 490 g/mol. The Morgan fingerprint density at radius 1 is 1.17 bits per heavy atom. The Balaban J connectivity index is 1.61. The zero-order chi connectivity index (χ0) is 24.5. The molecule has 9 heteroatoms. The van der Waals surface area contributed by atoms with Gasteiger partial charge in [-0.3, -0.25) is 14.5 Å². The van der Waals surface area contributed by atoms with Crippen LogP contribution in [0.25, 0.3) is 10.2 Å². The molecule has 1 atom stereocenters. The Labute approximate surface area is 205 Å². The number of aliphatic hydroxyl groups is 1. The number of carbonyl (C=O) groups excluding carboxylic acids is 2. The third-order valence-electron chi connectivity index (χ3n) is 5.66. The van der Waals surface area contributed by atoms with Crippen molar-refractivity contribution in [3.63, 3.8) is 0 Å². The van der Waals surface area contributed by atoms with E-state index >= 15 is 0 Å². The van der Waals surface area contributed by atoms with Crippen molar-refractivity contribution in [2.75, 3.05) is 18.6 Å². The molecule has 0 radical (unpaired) electrons. The van der Waals surface area contributed by atoms with E-state index in [1.54, 1.807) is 49.6 Å². The van der Waals surface area contributed by atoms with E-state index in [1.165, 1.54) is 28.6 Å². The van der Waals surface area contributed by atoms with Crippen LogP contribution in [0.3, 0.4) is 0 Å². The van der Waals surface area contributed by atoms with E-state index in [9.17, 15) is 14.7 Å². The summed E-state index contributed by atoms with van der Waals surface area (Å²) in [5.41, 5.74) is 1.23. The van der Waals surface area contributed by atoms with E-state index in [2.05, 4.69) is 4.98 Å². The number of methoxy groups -OCH3 is 1. The SMILES string of the molecule is CCCOc1ccc(C2C(C(=O)c3ccco3)=C(O)C(=O)N2c2nc3ccc(OC)cc3s2)cc1. The third-order valence-corrected chi connectivity index (χ3v) is 6.67. The van der Waals surface area contributed by atoms with Gasteiger partial charge in [-0.2, -0.15) is 0 Å². The Morgan fingerprint density at radius 3 is 2.63 bits per heavy atom. The molecule has 0 fully saturated rings. The standard InChI is InChI=1S/C26H22N2O6S/c1-3-12-33-16-8-6-15(7-9-16)22-21(23(29)19-5-4-13-34-19)24(30)25(31)28(22)26-27-18-11-10-17(32-2)14-20(18)35-26/h4-11,13-14,22,30H,3,12H2,1-2H3. The van der Waals surface area contributed by atoms with E-state index in [-0.39, 0.29) is 11.3 Å². The van der Waals surface area contributed by atoms with E-state index in [0.29, 0.717) is 34.3 Å². The molecule has 35 heavy (non-hydrogen) atoms. The Morgan fingerprint density at radius 2 is 1.94 bits per heavy atom. The molecule has 8 nitrogen and oxygen atoms in total. The minimum atomic E-state index is -0.900. The summed E-state index contributed by atoms with van der Waals surface area (Å²) in [6, 6.07) is 14.7. The second-order valence-electron chi connectivity index (χ2n) is 7.89. The molecule has 4 aromatic rings. The van der Waals surface area contributed by atoms with Crippen molar-refractivity contribution in [1.82, 2.24) is 4.98 Å². The molecular formula is C26H22N2O6S. The van der Waals surface area contributed by atoms with E-state index in [0.717, 1.165) is 11.1 Å². The summed E-state index contributed by atoms with van der Waals surface area (Å²) in [4.78, 5) is 32.6. The molecule has 1 aliphatic rings. The maximum absolute atomic E-state index is 13.3. The lowest BCUT2D eigenvalue weighted by Crippen LogP contribution is -2.30. The molecule has 5 rings (SSSR count). The third kappa shape index (κ3) is 4.04. The average Bonchev–Trinajstić information content (AvgIpc) is 3.61. The van der Waals surface area contributed by atoms with Crippen molar-refractivity contribution in [3.8, 4) is 11.5 Å². The first-order chi connectivity index (χ1) is 17.0. The second kappa shape index (κ2) is 9.27. The van der Waals surface area contributed by atoms with Crippen LogP contribution in [-0.2, 0) is 4.79 Å². The summed E-state index contributed by atoms with van der Waals surface area (Å²) < 4.78 is 17.1. The van der Waals surface area contributed by atoms with Gasteiger partial charge in [-0.15, -0.1) is 0 Å². The number of hydrogen-bond donors (Lipinski definition) is 1. The number of thiazole rings is 1. The largest absolute Gasteiger partial charge is 0.503 e. The van der Waals surface area contributed by atoms with Crippen LogP contribution in [-0.4, -0.2) is 35.5 Å². The number of aliphatic hydroxyl groups excluding tert-OH is 1. The number of ether oxygens (including phenoxy) is 2. The topological polar surface area (TPSA) is 102 Å². The molecule has 3 heterocycles. The summed E-state index contributed by atoms with van der Waals surface area (Å²) in [7, 11) is 1.57. The van der Waals surface area contributed by atoms with E-state index in [1.807, 2.05) is 13.0 Å². The first-order valence-corrected chi connectivity index (χ1v) is 11.9. The van der Waals surface area contributed by atoms with Crippen LogP contribution in [0.2, 0.25) is 0 Å². The number of hydrogen-bond acceptors (Lipinski definition) is 8. The highest BCUT2D eigenvalue weighted by Crippen LogP contribution is 2.44. The van der Waals surface area contributed by atoms with Crippen LogP contribution >= 0.6 is 11.3 Å². The number of aromatic nitrogens is 1. The molecule has 178 valence electrons. The molecule has 0 saturated heterocycles. The van der Waals surface area contributed by atoms with E-state index < -0.39 is 23.5 Å². The quantitative estimate of drug-likeness (QED) is 0.327. The number of nitrogens with zero attached hydrogens (tertiary/aromatic N) is 2. The zero-order valence-corrected chi connectivity index (χ0v) is 19.9. The van der Waals surface area contributed by atoms with Gasteiger partial charge in [0.1, 0.15) is 11.5 Å². The number of anilines is 1. The Kier molecular flexibility index (Phi) is 6.00. The number of amides is 1. The van der Waals surface area contributed by atoms with Gasteiger partial charge in [-0.1, -0.05) is 30.4 Å². The maximum atomic E-state index is 13.3. The van der Waals surface area contributed by atoms with Crippen LogP contribution in [0.15, 0.2) is 76.6 Å². The number of ketones is 1. The molecule has 2 aromatic heterocycles.